The molecule has 86 valence electrons. The third-order valence-corrected chi connectivity index (χ3v) is 2.86. The molecule has 0 aliphatic carbocycles. The van der Waals surface area contributed by atoms with Gasteiger partial charge in [-0.1, -0.05) is 19.1 Å². The van der Waals surface area contributed by atoms with E-state index in [0.717, 1.165) is 19.5 Å². The second-order valence-electron chi connectivity index (χ2n) is 3.97. The minimum atomic E-state index is 0.755. The maximum Gasteiger partial charge on any atom is 0.0528 e. The van der Waals surface area contributed by atoms with Crippen LogP contribution in [-0.4, -0.2) is 23.1 Å². The molecule has 0 aromatic carbocycles. The van der Waals surface area contributed by atoms with Crippen LogP contribution in [0.3, 0.4) is 0 Å². The molecule has 2 aliphatic rings. The minimum Gasteiger partial charge on any atom is -0.314 e. The van der Waals surface area contributed by atoms with Crippen molar-refractivity contribution in [3.8, 4) is 0 Å². The molecule has 4 N–H and O–H groups in total. The van der Waals surface area contributed by atoms with Gasteiger partial charge in [0.1, 0.15) is 0 Å². The van der Waals surface area contributed by atoms with Gasteiger partial charge in [-0.05, 0) is 29.7 Å². The number of hydrogen-bond donors (Lipinski definition) is 2. The van der Waals surface area contributed by atoms with Gasteiger partial charge in [0.15, 0.2) is 0 Å². The summed E-state index contributed by atoms with van der Waals surface area (Å²) in [6, 6.07) is 0. The average Bonchev–Trinajstić information content (AvgIpc) is 2.31. The van der Waals surface area contributed by atoms with E-state index in [2.05, 4.69) is 25.2 Å². The highest BCUT2D eigenvalue weighted by Gasteiger charge is 2.12. The predicted octanol–water partition coefficient (Wildman–Crippen LogP) is 1.03. The van der Waals surface area contributed by atoms with Gasteiger partial charge < -0.3 is 10.0 Å². The standard InChI is InChI=1S/C12H18N4/c1-2-12-9-11(5-8-16(12)14)10-3-6-15(13)7-4-10/h3-6,9H,2,7-8,13-14H2,1H3. The Morgan fingerprint density at radius 1 is 1.19 bits per heavy atom. The van der Waals surface area contributed by atoms with Crippen molar-refractivity contribution in [3.05, 3.63) is 47.3 Å². The SMILES string of the molecule is CCC1=CC(C2=CCN(N)C=C2)=CCN1N. The zero-order valence-electron chi connectivity index (χ0n) is 9.56. The van der Waals surface area contributed by atoms with Crippen molar-refractivity contribution < 1.29 is 0 Å². The lowest BCUT2D eigenvalue weighted by Crippen LogP contribution is -2.32. The zero-order chi connectivity index (χ0) is 11.5. The molecule has 16 heavy (non-hydrogen) atoms. The summed E-state index contributed by atoms with van der Waals surface area (Å²) < 4.78 is 0. The highest BCUT2D eigenvalue weighted by Crippen LogP contribution is 2.22. The first-order chi connectivity index (χ1) is 7.70. The van der Waals surface area contributed by atoms with Crippen molar-refractivity contribution in [1.82, 2.24) is 10.0 Å². The van der Waals surface area contributed by atoms with E-state index in [0.29, 0.717) is 0 Å². The topological polar surface area (TPSA) is 58.5 Å². The summed E-state index contributed by atoms with van der Waals surface area (Å²) in [4.78, 5) is 0. The van der Waals surface area contributed by atoms with Crippen molar-refractivity contribution in [2.45, 2.75) is 13.3 Å². The summed E-state index contributed by atoms with van der Waals surface area (Å²) in [7, 11) is 0. The Morgan fingerprint density at radius 2 is 1.94 bits per heavy atom. The maximum absolute atomic E-state index is 5.86. The highest BCUT2D eigenvalue weighted by molar-refractivity contribution is 5.49. The number of allylic oxidation sites excluding steroid dienone is 5. The van der Waals surface area contributed by atoms with Crippen LogP contribution < -0.4 is 11.7 Å². The Bertz CT molecular complexity index is 390. The Balaban J connectivity index is 2.18. The largest absolute Gasteiger partial charge is 0.314 e. The van der Waals surface area contributed by atoms with Gasteiger partial charge in [0, 0.05) is 11.9 Å². The molecule has 0 saturated heterocycles. The van der Waals surface area contributed by atoms with Gasteiger partial charge in [0.2, 0.25) is 0 Å². The molecular weight excluding hydrogens is 200 g/mol. The van der Waals surface area contributed by atoms with E-state index in [1.807, 2.05) is 12.3 Å². The number of hydrazine groups is 2. The third-order valence-electron chi connectivity index (χ3n) is 2.86. The van der Waals surface area contributed by atoms with Gasteiger partial charge >= 0.3 is 0 Å². The molecular formula is C12H18N4. The monoisotopic (exact) mass is 218 g/mol. The molecule has 0 atom stereocenters. The lowest BCUT2D eigenvalue weighted by molar-refractivity contribution is 0.380. The van der Waals surface area contributed by atoms with Crippen LogP contribution in [0.2, 0.25) is 0 Å². The van der Waals surface area contributed by atoms with Crippen LogP contribution in [0.4, 0.5) is 0 Å². The summed E-state index contributed by atoms with van der Waals surface area (Å²) in [6.45, 7) is 3.64. The van der Waals surface area contributed by atoms with E-state index >= 15 is 0 Å². The second-order valence-corrected chi connectivity index (χ2v) is 3.97. The Kier molecular flexibility index (Phi) is 3.12. The fourth-order valence-electron chi connectivity index (χ4n) is 1.86. The van der Waals surface area contributed by atoms with E-state index in [-0.39, 0.29) is 0 Å². The van der Waals surface area contributed by atoms with Gasteiger partial charge in [0.25, 0.3) is 0 Å². The van der Waals surface area contributed by atoms with Gasteiger partial charge in [-0.25, -0.2) is 11.7 Å². The average molecular weight is 218 g/mol. The first-order valence-electron chi connectivity index (χ1n) is 5.53. The van der Waals surface area contributed by atoms with Crippen LogP contribution in [0.5, 0.6) is 0 Å². The number of rotatable bonds is 2. The van der Waals surface area contributed by atoms with E-state index in [1.54, 1.807) is 10.0 Å². The molecule has 0 spiro atoms. The quantitative estimate of drug-likeness (QED) is 0.680. The maximum atomic E-state index is 5.86. The van der Waals surface area contributed by atoms with Crippen molar-refractivity contribution in [1.29, 1.82) is 0 Å². The van der Waals surface area contributed by atoms with E-state index < -0.39 is 0 Å². The molecule has 0 amide bonds. The van der Waals surface area contributed by atoms with Gasteiger partial charge in [-0.2, -0.15) is 0 Å². The fraction of sp³-hybridized carbons (Fsp3) is 0.333. The molecule has 4 nitrogen and oxygen atoms in total. The summed E-state index contributed by atoms with van der Waals surface area (Å²) in [6.07, 6.45) is 11.3. The van der Waals surface area contributed by atoms with Crippen LogP contribution in [0.1, 0.15) is 13.3 Å². The minimum absolute atomic E-state index is 0.755. The lowest BCUT2D eigenvalue weighted by atomic mass is 9.99. The molecule has 2 rings (SSSR count). The molecule has 0 aromatic rings. The van der Waals surface area contributed by atoms with E-state index in [4.69, 9.17) is 11.7 Å². The summed E-state index contributed by atoms with van der Waals surface area (Å²) in [5, 5.41) is 3.44. The Morgan fingerprint density at radius 3 is 2.56 bits per heavy atom. The van der Waals surface area contributed by atoms with Crippen LogP contribution in [-0.2, 0) is 0 Å². The van der Waals surface area contributed by atoms with Crippen LogP contribution in [0, 0.1) is 0 Å². The van der Waals surface area contributed by atoms with Crippen molar-refractivity contribution in [2.75, 3.05) is 13.1 Å². The first kappa shape index (κ1) is 11.0. The first-order valence-corrected chi connectivity index (χ1v) is 5.53. The van der Waals surface area contributed by atoms with Gasteiger partial charge in [-0.3, -0.25) is 0 Å². The van der Waals surface area contributed by atoms with E-state index in [1.165, 1.54) is 16.8 Å². The molecule has 0 bridgehead atoms. The number of nitrogens with two attached hydrogens (primary N) is 2. The lowest BCUT2D eigenvalue weighted by Gasteiger charge is -2.26. The molecule has 2 aliphatic heterocycles. The van der Waals surface area contributed by atoms with Crippen LogP contribution in [0.25, 0.3) is 0 Å². The van der Waals surface area contributed by atoms with Gasteiger partial charge in [-0.15, -0.1) is 0 Å². The summed E-state index contributed by atoms with van der Waals surface area (Å²) >= 11 is 0. The zero-order valence-corrected chi connectivity index (χ0v) is 9.56. The number of nitrogens with zero attached hydrogens (tertiary/aromatic N) is 2. The Hall–Kier alpha value is -1.52. The molecule has 0 unspecified atom stereocenters. The molecule has 0 aromatic heterocycles. The highest BCUT2D eigenvalue weighted by atomic mass is 15.4. The molecule has 0 saturated carbocycles. The van der Waals surface area contributed by atoms with E-state index in [9.17, 15) is 0 Å². The summed E-state index contributed by atoms with van der Waals surface area (Å²) in [5.41, 5.74) is 3.63. The third kappa shape index (κ3) is 2.18. The van der Waals surface area contributed by atoms with Crippen LogP contribution in [0.15, 0.2) is 47.3 Å². The summed E-state index contributed by atoms with van der Waals surface area (Å²) in [5.74, 6) is 11.5. The number of hydrogen-bond acceptors (Lipinski definition) is 4. The Labute approximate surface area is 96.1 Å². The fourth-order valence-corrected chi connectivity index (χ4v) is 1.86. The molecule has 2 heterocycles. The second kappa shape index (κ2) is 4.55. The molecule has 0 fully saturated rings. The van der Waals surface area contributed by atoms with Crippen molar-refractivity contribution >= 4 is 0 Å². The van der Waals surface area contributed by atoms with Crippen LogP contribution >= 0.6 is 0 Å². The normalized spacial score (nSPS) is 20.6. The molecule has 0 radical (unpaired) electrons. The van der Waals surface area contributed by atoms with Crippen molar-refractivity contribution in [3.63, 3.8) is 0 Å². The molecule has 4 heteroatoms. The smallest absolute Gasteiger partial charge is 0.0528 e. The van der Waals surface area contributed by atoms with Gasteiger partial charge in [0.05, 0.1) is 13.1 Å². The predicted molar refractivity (Wildman–Crippen MR) is 65.5 cm³/mol. The van der Waals surface area contributed by atoms with Crippen molar-refractivity contribution in [2.24, 2.45) is 11.7 Å².